The first-order valence-corrected chi connectivity index (χ1v) is 6.15. The van der Waals surface area contributed by atoms with Gasteiger partial charge in [-0.25, -0.2) is 0 Å². The highest BCUT2D eigenvalue weighted by Gasteiger charge is 2.12. The fourth-order valence-electron chi connectivity index (χ4n) is 1.54. The van der Waals surface area contributed by atoms with Crippen molar-refractivity contribution in [1.29, 1.82) is 0 Å². The topological polar surface area (TPSA) is 29.5 Å². The van der Waals surface area contributed by atoms with Crippen LogP contribution in [0.1, 0.15) is 25.8 Å². The van der Waals surface area contributed by atoms with E-state index in [1.54, 1.807) is 0 Å². The smallest absolute Gasteiger partial charge is 0.0802 e. The van der Waals surface area contributed by atoms with Crippen LogP contribution in [0.15, 0.2) is 42.5 Å². The maximum atomic E-state index is 9.86. The molecule has 0 spiro atoms. The minimum absolute atomic E-state index is 0.238. The molecule has 2 nitrogen and oxygen atoms in total. The van der Waals surface area contributed by atoms with Crippen LogP contribution in [-0.4, -0.2) is 17.8 Å². The van der Waals surface area contributed by atoms with E-state index in [9.17, 15) is 5.11 Å². The van der Waals surface area contributed by atoms with E-state index < -0.39 is 6.10 Å². The predicted octanol–water partition coefficient (Wildman–Crippen LogP) is 3.17. The van der Waals surface area contributed by atoms with Gasteiger partial charge in [0.05, 0.1) is 19.3 Å². The number of ether oxygens (including phenoxy) is 1. The Kier molecular flexibility index (Phi) is 6.60. The van der Waals surface area contributed by atoms with Crippen LogP contribution in [0.3, 0.4) is 0 Å². The van der Waals surface area contributed by atoms with Gasteiger partial charge in [0, 0.05) is 0 Å². The molecule has 0 unspecified atom stereocenters. The van der Waals surface area contributed by atoms with E-state index >= 15 is 0 Å². The van der Waals surface area contributed by atoms with Crippen molar-refractivity contribution in [3.63, 3.8) is 0 Å². The van der Waals surface area contributed by atoms with E-state index in [1.165, 1.54) is 0 Å². The van der Waals surface area contributed by atoms with Crippen LogP contribution in [0.25, 0.3) is 0 Å². The van der Waals surface area contributed by atoms with Crippen molar-refractivity contribution in [3.8, 4) is 0 Å². The first-order valence-electron chi connectivity index (χ1n) is 6.15. The van der Waals surface area contributed by atoms with Gasteiger partial charge < -0.3 is 9.84 Å². The maximum absolute atomic E-state index is 9.86. The summed E-state index contributed by atoms with van der Waals surface area (Å²) in [6.07, 6.45) is 4.58. The monoisotopic (exact) mass is 234 g/mol. The van der Waals surface area contributed by atoms with E-state index in [0.29, 0.717) is 13.2 Å². The lowest BCUT2D eigenvalue weighted by Crippen LogP contribution is -2.23. The first-order chi connectivity index (χ1) is 8.24. The average Bonchev–Trinajstić information content (AvgIpc) is 2.37. The highest BCUT2D eigenvalue weighted by atomic mass is 16.5. The molecule has 2 atom stereocenters. The molecule has 1 N–H and O–H groups in total. The zero-order valence-corrected chi connectivity index (χ0v) is 10.7. The SMILES string of the molecule is CC=CC[C@@H](C)[C@@H](O)COCc1ccccc1. The normalized spacial score (nSPS) is 15.0. The predicted molar refractivity (Wildman–Crippen MR) is 70.7 cm³/mol. The molecule has 2 heteroatoms. The molecule has 0 aliphatic rings. The summed E-state index contributed by atoms with van der Waals surface area (Å²) in [5, 5.41) is 9.86. The molecule has 0 heterocycles. The first kappa shape index (κ1) is 13.9. The second-order valence-corrected chi connectivity index (χ2v) is 4.35. The molecule has 1 aromatic rings. The van der Waals surface area contributed by atoms with Gasteiger partial charge in [0.25, 0.3) is 0 Å². The van der Waals surface area contributed by atoms with Crippen LogP contribution in [0.4, 0.5) is 0 Å². The van der Waals surface area contributed by atoms with E-state index in [2.05, 4.69) is 6.08 Å². The summed E-state index contributed by atoms with van der Waals surface area (Å²) in [6.45, 7) is 4.99. The van der Waals surface area contributed by atoms with Crippen LogP contribution in [-0.2, 0) is 11.3 Å². The summed E-state index contributed by atoms with van der Waals surface area (Å²) >= 11 is 0. The molecule has 1 rings (SSSR count). The number of allylic oxidation sites excluding steroid dienone is 2. The van der Waals surface area contributed by atoms with Gasteiger partial charge >= 0.3 is 0 Å². The zero-order chi connectivity index (χ0) is 12.5. The van der Waals surface area contributed by atoms with Crippen LogP contribution in [0.5, 0.6) is 0 Å². The Morgan fingerprint density at radius 3 is 2.65 bits per heavy atom. The number of hydrogen-bond acceptors (Lipinski definition) is 2. The van der Waals surface area contributed by atoms with E-state index in [-0.39, 0.29) is 5.92 Å². The Labute approximate surface area is 104 Å². The van der Waals surface area contributed by atoms with Gasteiger partial charge in [0.15, 0.2) is 0 Å². The highest BCUT2D eigenvalue weighted by molar-refractivity contribution is 5.13. The van der Waals surface area contributed by atoms with Gasteiger partial charge in [-0.05, 0) is 24.8 Å². The number of aliphatic hydroxyl groups is 1. The molecule has 17 heavy (non-hydrogen) atoms. The van der Waals surface area contributed by atoms with Crippen molar-refractivity contribution in [1.82, 2.24) is 0 Å². The molecular formula is C15H22O2. The van der Waals surface area contributed by atoms with E-state index in [1.807, 2.05) is 50.3 Å². The molecule has 0 aromatic heterocycles. The molecule has 0 bridgehead atoms. The molecule has 0 amide bonds. The molecule has 1 aromatic carbocycles. The third-order valence-electron chi connectivity index (χ3n) is 2.80. The Morgan fingerprint density at radius 1 is 1.29 bits per heavy atom. The molecule has 0 radical (unpaired) electrons. The second kappa shape index (κ2) is 8.04. The van der Waals surface area contributed by atoms with Crippen molar-refractivity contribution in [2.24, 2.45) is 5.92 Å². The van der Waals surface area contributed by atoms with Crippen molar-refractivity contribution >= 4 is 0 Å². The summed E-state index contributed by atoms with van der Waals surface area (Å²) in [7, 11) is 0. The number of aliphatic hydroxyl groups excluding tert-OH is 1. The van der Waals surface area contributed by atoms with E-state index in [4.69, 9.17) is 4.74 Å². The van der Waals surface area contributed by atoms with Crippen LogP contribution >= 0.6 is 0 Å². The van der Waals surface area contributed by atoms with Crippen molar-refractivity contribution in [3.05, 3.63) is 48.0 Å². The summed E-state index contributed by atoms with van der Waals surface area (Å²) in [5.74, 6) is 0.238. The van der Waals surface area contributed by atoms with E-state index in [0.717, 1.165) is 12.0 Å². The fourth-order valence-corrected chi connectivity index (χ4v) is 1.54. The van der Waals surface area contributed by atoms with Gasteiger partial charge in [-0.1, -0.05) is 49.4 Å². The molecular weight excluding hydrogens is 212 g/mol. The number of hydrogen-bond donors (Lipinski definition) is 1. The van der Waals surface area contributed by atoms with Crippen LogP contribution in [0.2, 0.25) is 0 Å². The number of rotatable bonds is 7. The van der Waals surface area contributed by atoms with Gasteiger partial charge in [-0.2, -0.15) is 0 Å². The highest BCUT2D eigenvalue weighted by Crippen LogP contribution is 2.10. The molecule has 0 fully saturated rings. The van der Waals surface area contributed by atoms with Crippen LogP contribution < -0.4 is 0 Å². The molecule has 0 aliphatic heterocycles. The molecule has 0 saturated carbocycles. The third kappa shape index (κ3) is 5.66. The molecule has 0 aliphatic carbocycles. The molecule has 0 saturated heterocycles. The Balaban J connectivity index is 2.22. The summed E-state index contributed by atoms with van der Waals surface area (Å²) in [6, 6.07) is 10.0. The minimum Gasteiger partial charge on any atom is -0.390 e. The lowest BCUT2D eigenvalue weighted by molar-refractivity contribution is 0.00276. The maximum Gasteiger partial charge on any atom is 0.0802 e. The molecule has 94 valence electrons. The largest absolute Gasteiger partial charge is 0.390 e. The van der Waals surface area contributed by atoms with Gasteiger partial charge in [-0.3, -0.25) is 0 Å². The van der Waals surface area contributed by atoms with Crippen molar-refractivity contribution in [2.45, 2.75) is 33.0 Å². The Hall–Kier alpha value is -1.12. The quantitative estimate of drug-likeness (QED) is 0.734. The van der Waals surface area contributed by atoms with Crippen LogP contribution in [0, 0.1) is 5.92 Å². The lowest BCUT2D eigenvalue weighted by Gasteiger charge is -2.17. The number of benzene rings is 1. The van der Waals surface area contributed by atoms with Gasteiger partial charge in [0.2, 0.25) is 0 Å². The lowest BCUT2D eigenvalue weighted by atomic mass is 10.0. The summed E-state index contributed by atoms with van der Waals surface area (Å²) < 4.78 is 5.51. The van der Waals surface area contributed by atoms with Crippen molar-refractivity contribution in [2.75, 3.05) is 6.61 Å². The Bertz CT molecular complexity index is 319. The van der Waals surface area contributed by atoms with Crippen molar-refractivity contribution < 1.29 is 9.84 Å². The fraction of sp³-hybridized carbons (Fsp3) is 0.467. The second-order valence-electron chi connectivity index (χ2n) is 4.35. The zero-order valence-electron chi connectivity index (χ0n) is 10.7. The summed E-state index contributed by atoms with van der Waals surface area (Å²) in [5.41, 5.74) is 1.14. The Morgan fingerprint density at radius 2 is 2.00 bits per heavy atom. The standard InChI is InChI=1S/C15H22O2/c1-3-4-8-13(2)15(16)12-17-11-14-9-6-5-7-10-14/h3-7,9-10,13,15-16H,8,11-12H2,1-2H3/t13-,15+/m1/s1. The minimum atomic E-state index is -0.394. The third-order valence-corrected chi connectivity index (χ3v) is 2.80. The van der Waals surface area contributed by atoms with Gasteiger partial charge in [0.1, 0.15) is 0 Å². The van der Waals surface area contributed by atoms with Gasteiger partial charge in [-0.15, -0.1) is 0 Å². The average molecular weight is 234 g/mol. The summed E-state index contributed by atoms with van der Waals surface area (Å²) in [4.78, 5) is 0.